The molecule has 0 N–H and O–H groups in total. The van der Waals surface area contributed by atoms with Crippen LogP contribution in [0.5, 0.6) is 0 Å². The molecule has 0 saturated heterocycles. The minimum atomic E-state index is 0.0793. The lowest BCUT2D eigenvalue weighted by atomic mass is 10.0. The maximum Gasteiger partial charge on any atom is 0.195 e. The summed E-state index contributed by atoms with van der Waals surface area (Å²) in [5.74, 6) is 0.0793. The Morgan fingerprint density at radius 3 is 1.67 bits per heavy atom. The minimum Gasteiger partial charge on any atom is -0.289 e. The summed E-state index contributed by atoms with van der Waals surface area (Å²) in [6.45, 7) is 12.5. The highest BCUT2D eigenvalue weighted by Gasteiger charge is 2.10. The number of ketones is 1. The van der Waals surface area contributed by atoms with E-state index < -0.39 is 0 Å². The summed E-state index contributed by atoms with van der Waals surface area (Å²) in [7, 11) is 0. The summed E-state index contributed by atoms with van der Waals surface area (Å²) in [6, 6.07) is 35.9. The molecule has 1 aromatic heterocycles. The summed E-state index contributed by atoms with van der Waals surface area (Å²) in [6.07, 6.45) is 1.94. The third kappa shape index (κ3) is 8.15. The van der Waals surface area contributed by atoms with Crippen LogP contribution in [-0.4, -0.2) is 5.78 Å². The Balaban J connectivity index is 0.000000162. The molecule has 0 aliphatic carbocycles. The molecule has 0 aliphatic heterocycles. The van der Waals surface area contributed by atoms with Crippen molar-refractivity contribution in [1.29, 1.82) is 0 Å². The average molecular weight is 585 g/mol. The van der Waals surface area contributed by atoms with Crippen molar-refractivity contribution in [1.82, 2.24) is 0 Å². The molecule has 1 heterocycles. The Morgan fingerprint density at radius 1 is 0.581 bits per heavy atom. The molecule has 6 rings (SSSR count). The van der Waals surface area contributed by atoms with E-state index in [1.165, 1.54) is 27.8 Å². The van der Waals surface area contributed by atoms with Crippen molar-refractivity contribution in [2.45, 2.75) is 54.4 Å². The average Bonchev–Trinajstić information content (AvgIpc) is 3.03. The van der Waals surface area contributed by atoms with E-state index in [1.54, 1.807) is 11.3 Å². The SMILES string of the molecule is CCc1cc(CC)c2sc3ccc(C)cc3c(=O)c2c1.Cc1ccc(C(=O)c2ccccc2)cc1.Cc1ccc(C)cc1. The van der Waals surface area contributed by atoms with E-state index in [9.17, 15) is 9.59 Å². The summed E-state index contributed by atoms with van der Waals surface area (Å²) >= 11 is 1.74. The highest BCUT2D eigenvalue weighted by Crippen LogP contribution is 2.29. The Labute approximate surface area is 259 Å². The van der Waals surface area contributed by atoms with Gasteiger partial charge in [-0.05, 0) is 69.9 Å². The maximum absolute atomic E-state index is 12.8. The summed E-state index contributed by atoms with van der Waals surface area (Å²) in [5, 5.41) is 1.75. The number of carbonyl (C=O) groups is 1. The van der Waals surface area contributed by atoms with E-state index >= 15 is 0 Å². The van der Waals surface area contributed by atoms with E-state index in [-0.39, 0.29) is 11.2 Å². The van der Waals surface area contributed by atoms with Gasteiger partial charge in [-0.1, -0.05) is 127 Å². The van der Waals surface area contributed by atoms with Crippen molar-refractivity contribution in [3.8, 4) is 0 Å². The van der Waals surface area contributed by atoms with Gasteiger partial charge in [0.1, 0.15) is 0 Å². The topological polar surface area (TPSA) is 34.1 Å². The monoisotopic (exact) mass is 584 g/mol. The van der Waals surface area contributed by atoms with Gasteiger partial charge in [0.2, 0.25) is 0 Å². The zero-order valence-corrected chi connectivity index (χ0v) is 26.8. The Hall–Kier alpha value is -4.34. The zero-order valence-electron chi connectivity index (χ0n) is 26.0. The standard InChI is InChI=1S/C18H18OS.C14H12O.C8H10/c1-4-12-9-13(5-2)18-15(10-12)17(19)14-8-11(3)6-7-16(14)20-18;1-11-7-9-13(10-8-11)14(15)12-5-3-2-4-6-12;1-7-3-5-8(2)6-4-7/h6-10H,4-5H2,1-3H3;2-10H,1H3;3-6H,1-2H3. The third-order valence-corrected chi connectivity index (χ3v) is 8.68. The molecule has 43 heavy (non-hydrogen) atoms. The first-order chi connectivity index (χ1) is 20.7. The number of fused-ring (bicyclic) bond motifs is 2. The van der Waals surface area contributed by atoms with E-state index in [2.05, 4.69) is 76.2 Å². The third-order valence-electron chi connectivity index (χ3n) is 7.42. The molecule has 0 bridgehead atoms. The Kier molecular flexibility index (Phi) is 10.8. The van der Waals surface area contributed by atoms with Crippen LogP contribution in [-0.2, 0) is 12.8 Å². The minimum absolute atomic E-state index is 0.0793. The van der Waals surface area contributed by atoms with Crippen molar-refractivity contribution in [2.75, 3.05) is 0 Å². The highest BCUT2D eigenvalue weighted by molar-refractivity contribution is 7.24. The Morgan fingerprint density at radius 2 is 1.12 bits per heavy atom. The molecule has 0 atom stereocenters. The number of hydrogen-bond donors (Lipinski definition) is 0. The van der Waals surface area contributed by atoms with Crippen molar-refractivity contribution >= 4 is 37.3 Å². The van der Waals surface area contributed by atoms with Gasteiger partial charge in [-0.15, -0.1) is 11.3 Å². The lowest BCUT2D eigenvalue weighted by molar-refractivity contribution is 0.103. The van der Waals surface area contributed by atoms with Gasteiger partial charge in [0.25, 0.3) is 0 Å². The van der Waals surface area contributed by atoms with Gasteiger partial charge in [0.05, 0.1) is 0 Å². The van der Waals surface area contributed by atoms with Crippen molar-refractivity contribution < 1.29 is 4.79 Å². The molecule has 2 nitrogen and oxygen atoms in total. The molecule has 0 saturated carbocycles. The predicted molar refractivity (Wildman–Crippen MR) is 186 cm³/mol. The first kappa shape index (κ1) is 31.6. The normalized spacial score (nSPS) is 10.5. The van der Waals surface area contributed by atoms with Gasteiger partial charge < -0.3 is 0 Å². The molecule has 0 amide bonds. The number of carbonyl (C=O) groups excluding carboxylic acids is 1. The molecule has 0 unspecified atom stereocenters. The summed E-state index contributed by atoms with van der Waals surface area (Å²) in [4.78, 5) is 24.7. The van der Waals surface area contributed by atoms with Crippen LogP contribution in [0.2, 0.25) is 0 Å². The first-order valence-corrected chi connectivity index (χ1v) is 15.7. The molecule has 5 aromatic carbocycles. The molecular weight excluding hydrogens is 545 g/mol. The van der Waals surface area contributed by atoms with Crippen LogP contribution in [0.25, 0.3) is 20.2 Å². The second-order valence-corrected chi connectivity index (χ2v) is 12.0. The van der Waals surface area contributed by atoms with Gasteiger partial charge in [-0.3, -0.25) is 9.59 Å². The lowest BCUT2D eigenvalue weighted by Gasteiger charge is -2.08. The maximum atomic E-state index is 12.8. The number of hydrogen-bond acceptors (Lipinski definition) is 3. The fraction of sp³-hybridized carbons (Fsp3) is 0.200. The van der Waals surface area contributed by atoms with Crippen molar-refractivity contribution in [3.63, 3.8) is 0 Å². The smallest absolute Gasteiger partial charge is 0.195 e. The number of rotatable bonds is 4. The van der Waals surface area contributed by atoms with E-state index in [4.69, 9.17) is 0 Å². The van der Waals surface area contributed by atoms with E-state index in [0.717, 1.165) is 49.7 Å². The van der Waals surface area contributed by atoms with Gasteiger partial charge in [0, 0.05) is 31.3 Å². The summed E-state index contributed by atoms with van der Waals surface area (Å²) in [5.41, 5.74) is 9.18. The second kappa shape index (κ2) is 14.7. The van der Waals surface area contributed by atoms with Gasteiger partial charge in [-0.2, -0.15) is 0 Å². The molecular formula is C40H40O2S. The van der Waals surface area contributed by atoms with Crippen LogP contribution in [0.15, 0.2) is 114 Å². The summed E-state index contributed by atoms with van der Waals surface area (Å²) < 4.78 is 2.25. The molecule has 218 valence electrons. The number of aryl methyl sites for hydroxylation is 6. The van der Waals surface area contributed by atoms with Crippen LogP contribution < -0.4 is 5.43 Å². The van der Waals surface area contributed by atoms with Gasteiger partial charge >= 0.3 is 0 Å². The van der Waals surface area contributed by atoms with E-state index in [0.29, 0.717) is 0 Å². The lowest BCUT2D eigenvalue weighted by Crippen LogP contribution is -2.03. The second-order valence-electron chi connectivity index (χ2n) is 11.0. The van der Waals surface area contributed by atoms with Crippen molar-refractivity contribution in [3.05, 3.63) is 164 Å². The quantitative estimate of drug-likeness (QED) is 0.153. The molecule has 0 fully saturated rings. The molecule has 3 heteroatoms. The van der Waals surface area contributed by atoms with E-state index in [1.807, 2.05) is 74.5 Å². The van der Waals surface area contributed by atoms with Gasteiger partial charge in [0.15, 0.2) is 11.2 Å². The molecule has 0 spiro atoms. The van der Waals surface area contributed by atoms with Crippen LogP contribution in [0.3, 0.4) is 0 Å². The fourth-order valence-electron chi connectivity index (χ4n) is 4.77. The van der Waals surface area contributed by atoms with Crippen LogP contribution in [0, 0.1) is 27.7 Å². The largest absolute Gasteiger partial charge is 0.289 e. The van der Waals surface area contributed by atoms with Gasteiger partial charge in [-0.25, -0.2) is 0 Å². The zero-order chi connectivity index (χ0) is 30.9. The number of benzene rings is 5. The fourth-order valence-corrected chi connectivity index (χ4v) is 5.99. The molecule has 0 radical (unpaired) electrons. The van der Waals surface area contributed by atoms with Crippen LogP contribution >= 0.6 is 11.3 Å². The first-order valence-electron chi connectivity index (χ1n) is 14.9. The highest BCUT2D eigenvalue weighted by atomic mass is 32.1. The predicted octanol–water partition coefficient (Wildman–Crippen LogP) is 10.4. The van der Waals surface area contributed by atoms with Crippen LogP contribution in [0.1, 0.15) is 63.1 Å². The molecule has 0 aliphatic rings. The Bertz CT molecular complexity index is 1860. The van der Waals surface area contributed by atoms with Crippen LogP contribution in [0.4, 0.5) is 0 Å². The van der Waals surface area contributed by atoms with Crippen molar-refractivity contribution in [2.24, 2.45) is 0 Å². The molecule has 6 aromatic rings.